The Hall–Kier alpha value is -0.160. The number of hydrogen-bond acceptors (Lipinski definition) is 4. The highest BCUT2D eigenvalue weighted by atomic mass is 16.5. The number of ether oxygens (including phenoxy) is 1. The van der Waals surface area contributed by atoms with Crippen molar-refractivity contribution in [3.63, 3.8) is 0 Å². The van der Waals surface area contributed by atoms with E-state index in [0.717, 1.165) is 18.8 Å². The number of hydrogen-bond donors (Lipinski definition) is 3. The van der Waals surface area contributed by atoms with E-state index in [1.807, 2.05) is 6.92 Å². The summed E-state index contributed by atoms with van der Waals surface area (Å²) in [6.07, 6.45) is 4.34. The van der Waals surface area contributed by atoms with Crippen LogP contribution < -0.4 is 5.32 Å². The van der Waals surface area contributed by atoms with Gasteiger partial charge in [-0.1, -0.05) is 27.7 Å². The molecule has 5 atom stereocenters. The van der Waals surface area contributed by atoms with E-state index in [0.29, 0.717) is 18.6 Å². The molecule has 0 saturated heterocycles. The third-order valence-corrected chi connectivity index (χ3v) is 6.56. The average Bonchev–Trinajstić information content (AvgIpc) is 2.79. The van der Waals surface area contributed by atoms with Gasteiger partial charge in [-0.2, -0.15) is 0 Å². The minimum Gasteiger partial charge on any atom is -0.395 e. The minimum absolute atomic E-state index is 0.0681. The summed E-state index contributed by atoms with van der Waals surface area (Å²) >= 11 is 0. The molecular formula is C17H33NO3. The van der Waals surface area contributed by atoms with E-state index in [1.165, 1.54) is 12.8 Å². The molecule has 0 aromatic rings. The lowest BCUT2D eigenvalue weighted by molar-refractivity contribution is -0.0746. The van der Waals surface area contributed by atoms with Crippen LogP contribution in [0.3, 0.4) is 0 Å². The van der Waals surface area contributed by atoms with Crippen LogP contribution >= 0.6 is 0 Å². The molecule has 3 N–H and O–H groups in total. The molecule has 2 aliphatic carbocycles. The first-order valence-electron chi connectivity index (χ1n) is 8.49. The lowest BCUT2D eigenvalue weighted by Gasteiger charge is -2.39. The number of aliphatic hydroxyl groups is 2. The van der Waals surface area contributed by atoms with E-state index >= 15 is 0 Å². The zero-order chi connectivity index (χ0) is 15.7. The third-order valence-electron chi connectivity index (χ3n) is 6.56. The molecule has 0 aliphatic heterocycles. The zero-order valence-corrected chi connectivity index (χ0v) is 14.1. The van der Waals surface area contributed by atoms with Crippen LogP contribution in [0.2, 0.25) is 0 Å². The Morgan fingerprint density at radius 3 is 2.52 bits per heavy atom. The normalized spacial score (nSPS) is 36.9. The van der Waals surface area contributed by atoms with Crippen molar-refractivity contribution in [2.45, 2.75) is 71.6 Å². The van der Waals surface area contributed by atoms with Crippen LogP contribution in [0.5, 0.6) is 0 Å². The first-order chi connectivity index (χ1) is 9.85. The Morgan fingerprint density at radius 1 is 1.33 bits per heavy atom. The van der Waals surface area contributed by atoms with Gasteiger partial charge in [0, 0.05) is 12.6 Å². The van der Waals surface area contributed by atoms with Crippen molar-refractivity contribution in [3.05, 3.63) is 0 Å². The molecule has 0 aromatic carbocycles. The molecule has 0 unspecified atom stereocenters. The zero-order valence-electron chi connectivity index (χ0n) is 14.1. The maximum absolute atomic E-state index is 10.1. The molecule has 2 fully saturated rings. The molecule has 0 heterocycles. The SMILES string of the molecule is CC[C@H](CO)NC[C@@H](O)CO[C@H]1C[C@H]2CC[C@@]1(C)C2(C)C. The van der Waals surface area contributed by atoms with Gasteiger partial charge in [0.05, 0.1) is 25.4 Å². The topological polar surface area (TPSA) is 61.7 Å². The molecule has 0 spiro atoms. The van der Waals surface area contributed by atoms with E-state index in [9.17, 15) is 5.11 Å². The molecule has 124 valence electrons. The predicted molar refractivity (Wildman–Crippen MR) is 84.1 cm³/mol. The monoisotopic (exact) mass is 299 g/mol. The van der Waals surface area contributed by atoms with Crippen LogP contribution in [0.25, 0.3) is 0 Å². The Kier molecular flexibility index (Phi) is 5.35. The second-order valence-corrected chi connectivity index (χ2v) is 7.78. The smallest absolute Gasteiger partial charge is 0.0897 e. The van der Waals surface area contributed by atoms with Crippen LogP contribution in [-0.2, 0) is 4.74 Å². The molecule has 2 aliphatic rings. The molecule has 4 heteroatoms. The largest absolute Gasteiger partial charge is 0.395 e. The molecule has 0 aromatic heterocycles. The van der Waals surface area contributed by atoms with Gasteiger partial charge < -0.3 is 20.3 Å². The van der Waals surface area contributed by atoms with Crippen LogP contribution in [0, 0.1) is 16.7 Å². The summed E-state index contributed by atoms with van der Waals surface area (Å²) in [6.45, 7) is 10.1. The minimum atomic E-state index is -0.503. The van der Waals surface area contributed by atoms with E-state index < -0.39 is 6.10 Å². The fraction of sp³-hybridized carbons (Fsp3) is 1.00. The summed E-state index contributed by atoms with van der Waals surface area (Å²) in [5, 5.41) is 22.4. The van der Waals surface area contributed by atoms with Crippen molar-refractivity contribution in [2.75, 3.05) is 19.8 Å². The second kappa shape index (κ2) is 6.53. The fourth-order valence-corrected chi connectivity index (χ4v) is 4.31. The quantitative estimate of drug-likeness (QED) is 0.641. The van der Waals surface area contributed by atoms with Crippen LogP contribution in [0.15, 0.2) is 0 Å². The molecule has 2 rings (SSSR count). The maximum Gasteiger partial charge on any atom is 0.0897 e. The van der Waals surface area contributed by atoms with Crippen molar-refractivity contribution in [1.29, 1.82) is 0 Å². The molecule has 21 heavy (non-hydrogen) atoms. The Morgan fingerprint density at radius 2 is 2.05 bits per heavy atom. The van der Waals surface area contributed by atoms with Gasteiger partial charge in [-0.15, -0.1) is 0 Å². The summed E-state index contributed by atoms with van der Waals surface area (Å²) in [4.78, 5) is 0. The van der Waals surface area contributed by atoms with Gasteiger partial charge in [0.1, 0.15) is 0 Å². The van der Waals surface area contributed by atoms with Crippen LogP contribution in [-0.4, -0.2) is 48.2 Å². The van der Waals surface area contributed by atoms with Gasteiger partial charge in [-0.05, 0) is 42.4 Å². The lowest BCUT2D eigenvalue weighted by Crippen LogP contribution is -2.42. The Balaban J connectivity index is 1.77. The van der Waals surface area contributed by atoms with Crippen LogP contribution in [0.1, 0.15) is 53.4 Å². The van der Waals surface area contributed by atoms with E-state index in [1.54, 1.807) is 0 Å². The van der Waals surface area contributed by atoms with Crippen LogP contribution in [0.4, 0.5) is 0 Å². The van der Waals surface area contributed by atoms with Gasteiger partial charge >= 0.3 is 0 Å². The second-order valence-electron chi connectivity index (χ2n) is 7.78. The van der Waals surface area contributed by atoms with Crippen molar-refractivity contribution in [2.24, 2.45) is 16.7 Å². The van der Waals surface area contributed by atoms with Crippen molar-refractivity contribution in [3.8, 4) is 0 Å². The first kappa shape index (κ1) is 17.2. The highest BCUT2D eigenvalue weighted by Crippen LogP contribution is 2.66. The predicted octanol–water partition coefficient (Wildman–Crippen LogP) is 1.94. The van der Waals surface area contributed by atoms with Crippen molar-refractivity contribution in [1.82, 2.24) is 5.32 Å². The summed E-state index contributed by atoms with van der Waals surface area (Å²) in [7, 11) is 0. The van der Waals surface area contributed by atoms with E-state index in [4.69, 9.17) is 9.84 Å². The van der Waals surface area contributed by atoms with E-state index in [-0.39, 0.29) is 24.2 Å². The van der Waals surface area contributed by atoms with Gasteiger partial charge in [-0.3, -0.25) is 0 Å². The Bertz CT molecular complexity index is 343. The van der Waals surface area contributed by atoms with Gasteiger partial charge in [-0.25, -0.2) is 0 Å². The van der Waals surface area contributed by atoms with Crippen molar-refractivity contribution >= 4 is 0 Å². The first-order valence-corrected chi connectivity index (χ1v) is 8.49. The fourth-order valence-electron chi connectivity index (χ4n) is 4.31. The number of nitrogens with one attached hydrogen (secondary N) is 1. The average molecular weight is 299 g/mol. The highest BCUT2D eigenvalue weighted by molar-refractivity contribution is 5.11. The lowest BCUT2D eigenvalue weighted by atomic mass is 9.70. The summed E-state index contributed by atoms with van der Waals surface area (Å²) in [5.74, 6) is 0.765. The maximum atomic E-state index is 10.1. The molecule has 2 saturated carbocycles. The molecule has 0 amide bonds. The summed E-state index contributed by atoms with van der Waals surface area (Å²) in [6, 6.07) is 0.0681. The summed E-state index contributed by atoms with van der Waals surface area (Å²) < 4.78 is 6.08. The molecule has 0 radical (unpaired) electrons. The summed E-state index contributed by atoms with van der Waals surface area (Å²) in [5.41, 5.74) is 0.604. The van der Waals surface area contributed by atoms with E-state index in [2.05, 4.69) is 26.1 Å². The standard InChI is InChI=1S/C17H33NO3/c1-5-13(10-19)18-9-14(20)11-21-15-8-12-6-7-17(15,4)16(12,2)3/h12-15,18-20H,5-11H2,1-4H3/t12-,13-,14-,15+,17-/m1/s1. The van der Waals surface area contributed by atoms with Crippen molar-refractivity contribution < 1.29 is 14.9 Å². The molecular weight excluding hydrogens is 266 g/mol. The highest BCUT2D eigenvalue weighted by Gasteiger charge is 2.61. The van der Waals surface area contributed by atoms with Gasteiger partial charge in [0.2, 0.25) is 0 Å². The number of aliphatic hydroxyl groups excluding tert-OH is 2. The third kappa shape index (κ3) is 3.14. The molecule has 2 bridgehead atoms. The van der Waals surface area contributed by atoms with Gasteiger partial charge in [0.25, 0.3) is 0 Å². The molecule has 4 nitrogen and oxygen atoms in total. The number of rotatable bonds is 8. The van der Waals surface area contributed by atoms with Gasteiger partial charge in [0.15, 0.2) is 0 Å². The number of fused-ring (bicyclic) bond motifs is 2. The Labute approximate surface area is 129 Å².